The molecular formula is C14H10BrN3O2. The van der Waals surface area contributed by atoms with Crippen molar-refractivity contribution in [1.82, 2.24) is 15.1 Å². The lowest BCUT2D eigenvalue weighted by Crippen LogP contribution is -1.87. The van der Waals surface area contributed by atoms with E-state index >= 15 is 0 Å². The number of halogens is 1. The van der Waals surface area contributed by atoms with Crippen molar-refractivity contribution in [2.45, 2.75) is 6.92 Å². The Morgan fingerprint density at radius 3 is 2.80 bits per heavy atom. The molecule has 0 unspecified atom stereocenters. The molecular weight excluding hydrogens is 322 g/mol. The summed E-state index contributed by atoms with van der Waals surface area (Å²) in [5.41, 5.74) is 2.31. The second kappa shape index (κ2) is 5.05. The highest BCUT2D eigenvalue weighted by molar-refractivity contribution is 9.10. The Balaban J connectivity index is 2.04. The Bertz CT molecular complexity index is 771. The highest BCUT2D eigenvalue weighted by atomic mass is 79.9. The molecule has 1 N–H and O–H groups in total. The van der Waals surface area contributed by atoms with Gasteiger partial charge in [0.25, 0.3) is 5.89 Å². The van der Waals surface area contributed by atoms with E-state index in [1.54, 1.807) is 30.6 Å². The van der Waals surface area contributed by atoms with Crippen LogP contribution >= 0.6 is 15.9 Å². The Morgan fingerprint density at radius 1 is 1.20 bits per heavy atom. The van der Waals surface area contributed by atoms with Gasteiger partial charge >= 0.3 is 0 Å². The Morgan fingerprint density at radius 2 is 2.05 bits per heavy atom. The second-order valence-corrected chi connectivity index (χ2v) is 5.19. The standard InChI is InChI=1S/C14H10BrN3O2/c1-8-4-5-16-7-11(8)13-17-14(20-18-13)10-3-2-9(15)6-12(10)19/h2-7,19H,1H3. The summed E-state index contributed by atoms with van der Waals surface area (Å²) in [7, 11) is 0. The van der Waals surface area contributed by atoms with E-state index in [-0.39, 0.29) is 11.6 Å². The number of hydrogen-bond donors (Lipinski definition) is 1. The molecule has 0 amide bonds. The van der Waals surface area contributed by atoms with Crippen molar-refractivity contribution < 1.29 is 9.63 Å². The van der Waals surface area contributed by atoms with Crippen LogP contribution in [-0.4, -0.2) is 20.2 Å². The van der Waals surface area contributed by atoms with Crippen molar-refractivity contribution in [2.75, 3.05) is 0 Å². The molecule has 0 aliphatic heterocycles. The van der Waals surface area contributed by atoms with E-state index in [2.05, 4.69) is 31.1 Å². The number of pyridine rings is 1. The minimum Gasteiger partial charge on any atom is -0.507 e. The van der Waals surface area contributed by atoms with Gasteiger partial charge in [-0.15, -0.1) is 0 Å². The summed E-state index contributed by atoms with van der Waals surface area (Å²) in [6.45, 7) is 1.95. The summed E-state index contributed by atoms with van der Waals surface area (Å²) in [5, 5.41) is 13.8. The number of aryl methyl sites for hydroxylation is 1. The normalized spacial score (nSPS) is 10.7. The quantitative estimate of drug-likeness (QED) is 0.777. The molecule has 100 valence electrons. The molecule has 0 fully saturated rings. The van der Waals surface area contributed by atoms with Gasteiger partial charge in [-0.25, -0.2) is 0 Å². The maximum Gasteiger partial charge on any atom is 0.262 e. The third-order valence-corrected chi connectivity index (χ3v) is 3.39. The van der Waals surface area contributed by atoms with Crippen LogP contribution < -0.4 is 0 Å². The smallest absolute Gasteiger partial charge is 0.262 e. The molecule has 1 aromatic carbocycles. The summed E-state index contributed by atoms with van der Waals surface area (Å²) < 4.78 is 6.00. The van der Waals surface area contributed by atoms with E-state index in [4.69, 9.17) is 4.52 Å². The molecule has 0 radical (unpaired) electrons. The summed E-state index contributed by atoms with van der Waals surface area (Å²) in [5.74, 6) is 0.804. The maximum absolute atomic E-state index is 9.91. The number of aromatic hydroxyl groups is 1. The lowest BCUT2D eigenvalue weighted by atomic mass is 10.1. The second-order valence-electron chi connectivity index (χ2n) is 4.28. The Hall–Kier alpha value is -2.21. The predicted octanol–water partition coefficient (Wildman–Crippen LogP) is 3.58. The fraction of sp³-hybridized carbons (Fsp3) is 0.0714. The van der Waals surface area contributed by atoms with Gasteiger partial charge < -0.3 is 9.63 Å². The molecule has 0 aliphatic carbocycles. The lowest BCUT2D eigenvalue weighted by Gasteiger charge is -1.99. The minimum absolute atomic E-state index is 0.0810. The zero-order chi connectivity index (χ0) is 14.1. The van der Waals surface area contributed by atoms with Crippen molar-refractivity contribution in [2.24, 2.45) is 0 Å². The van der Waals surface area contributed by atoms with E-state index in [0.717, 1.165) is 15.6 Å². The molecule has 3 rings (SSSR count). The first-order chi connectivity index (χ1) is 9.65. The molecule has 0 aliphatic rings. The van der Waals surface area contributed by atoms with Gasteiger partial charge in [0.2, 0.25) is 5.82 Å². The monoisotopic (exact) mass is 331 g/mol. The molecule has 0 atom stereocenters. The number of hydrogen-bond acceptors (Lipinski definition) is 5. The van der Waals surface area contributed by atoms with E-state index in [1.165, 1.54) is 0 Å². The van der Waals surface area contributed by atoms with Crippen molar-refractivity contribution in [1.29, 1.82) is 0 Å². The molecule has 20 heavy (non-hydrogen) atoms. The van der Waals surface area contributed by atoms with Crippen LogP contribution in [0, 0.1) is 6.92 Å². The first-order valence-corrected chi connectivity index (χ1v) is 6.68. The molecule has 0 saturated heterocycles. The SMILES string of the molecule is Cc1ccncc1-c1noc(-c2ccc(Br)cc2O)n1. The molecule has 2 heterocycles. The number of phenols is 1. The van der Waals surface area contributed by atoms with E-state index in [1.807, 2.05) is 13.0 Å². The van der Waals surface area contributed by atoms with Crippen LogP contribution in [0.3, 0.4) is 0 Å². The minimum atomic E-state index is 0.0810. The average molecular weight is 332 g/mol. The predicted molar refractivity (Wildman–Crippen MR) is 77.1 cm³/mol. The molecule has 3 aromatic rings. The first-order valence-electron chi connectivity index (χ1n) is 5.89. The van der Waals surface area contributed by atoms with Gasteiger partial charge in [-0.2, -0.15) is 4.98 Å². The van der Waals surface area contributed by atoms with Gasteiger partial charge in [0.05, 0.1) is 5.56 Å². The van der Waals surface area contributed by atoms with Crippen LogP contribution in [0.1, 0.15) is 5.56 Å². The summed E-state index contributed by atoms with van der Waals surface area (Å²) in [6.07, 6.45) is 3.39. The van der Waals surface area contributed by atoms with Gasteiger partial charge in [-0.05, 0) is 36.8 Å². The highest BCUT2D eigenvalue weighted by Gasteiger charge is 2.15. The molecule has 6 heteroatoms. The fourth-order valence-electron chi connectivity index (χ4n) is 1.83. The fourth-order valence-corrected chi connectivity index (χ4v) is 2.18. The Labute approximate surface area is 123 Å². The topological polar surface area (TPSA) is 72.0 Å². The molecule has 5 nitrogen and oxygen atoms in total. The zero-order valence-corrected chi connectivity index (χ0v) is 12.1. The number of benzene rings is 1. The van der Waals surface area contributed by atoms with Crippen LogP contribution in [0.5, 0.6) is 5.75 Å². The summed E-state index contributed by atoms with van der Waals surface area (Å²) in [4.78, 5) is 8.36. The summed E-state index contributed by atoms with van der Waals surface area (Å²) >= 11 is 3.29. The summed E-state index contributed by atoms with van der Waals surface area (Å²) in [6, 6.07) is 6.97. The molecule has 0 bridgehead atoms. The van der Waals surface area contributed by atoms with Crippen LogP contribution in [0.2, 0.25) is 0 Å². The van der Waals surface area contributed by atoms with E-state index < -0.39 is 0 Å². The maximum atomic E-state index is 9.91. The highest BCUT2D eigenvalue weighted by Crippen LogP contribution is 2.31. The van der Waals surface area contributed by atoms with Crippen molar-refractivity contribution in [3.05, 3.63) is 46.7 Å². The molecule has 2 aromatic heterocycles. The van der Waals surface area contributed by atoms with Gasteiger partial charge in [0.15, 0.2) is 0 Å². The lowest BCUT2D eigenvalue weighted by molar-refractivity contribution is 0.425. The zero-order valence-electron chi connectivity index (χ0n) is 10.5. The van der Waals surface area contributed by atoms with Gasteiger partial charge in [-0.3, -0.25) is 4.98 Å². The van der Waals surface area contributed by atoms with Crippen molar-refractivity contribution >= 4 is 15.9 Å². The van der Waals surface area contributed by atoms with Gasteiger partial charge in [0.1, 0.15) is 5.75 Å². The first kappa shape index (κ1) is 12.8. The van der Waals surface area contributed by atoms with Crippen LogP contribution in [0.15, 0.2) is 45.7 Å². The van der Waals surface area contributed by atoms with Crippen molar-refractivity contribution in [3.63, 3.8) is 0 Å². The largest absolute Gasteiger partial charge is 0.507 e. The van der Waals surface area contributed by atoms with Crippen LogP contribution in [-0.2, 0) is 0 Å². The van der Waals surface area contributed by atoms with Crippen LogP contribution in [0.4, 0.5) is 0 Å². The average Bonchev–Trinajstić information content (AvgIpc) is 2.88. The Kier molecular flexibility index (Phi) is 3.23. The van der Waals surface area contributed by atoms with Crippen molar-refractivity contribution in [3.8, 4) is 28.6 Å². The van der Waals surface area contributed by atoms with Gasteiger partial charge in [0, 0.05) is 22.4 Å². The van der Waals surface area contributed by atoms with E-state index in [0.29, 0.717) is 11.4 Å². The van der Waals surface area contributed by atoms with Crippen LogP contribution in [0.25, 0.3) is 22.8 Å². The molecule has 0 saturated carbocycles. The number of rotatable bonds is 2. The molecule has 0 spiro atoms. The number of phenolic OH excluding ortho intramolecular Hbond substituents is 1. The van der Waals surface area contributed by atoms with E-state index in [9.17, 15) is 5.11 Å². The number of aromatic nitrogens is 3. The number of nitrogens with zero attached hydrogens (tertiary/aromatic N) is 3. The van der Waals surface area contributed by atoms with Gasteiger partial charge in [-0.1, -0.05) is 21.1 Å². The third kappa shape index (κ3) is 2.30. The third-order valence-electron chi connectivity index (χ3n) is 2.90.